The summed E-state index contributed by atoms with van der Waals surface area (Å²) in [6.07, 6.45) is 1.98. The minimum absolute atomic E-state index is 0.0807. The Labute approximate surface area is 148 Å². The summed E-state index contributed by atoms with van der Waals surface area (Å²) >= 11 is 0. The van der Waals surface area contributed by atoms with Gasteiger partial charge in [0.25, 0.3) is 0 Å². The molecule has 136 valence electrons. The van der Waals surface area contributed by atoms with Crippen LogP contribution in [0.5, 0.6) is 0 Å². The second-order valence-corrected chi connectivity index (χ2v) is 6.03. The van der Waals surface area contributed by atoms with Gasteiger partial charge in [-0.1, -0.05) is 30.3 Å². The Hall–Kier alpha value is -2.57. The minimum atomic E-state index is -0.339. The molecule has 3 N–H and O–H groups in total. The summed E-state index contributed by atoms with van der Waals surface area (Å²) in [7, 11) is 0. The van der Waals surface area contributed by atoms with E-state index in [1.807, 2.05) is 13.0 Å². The smallest absolute Gasteiger partial charge is 0.324 e. The Kier molecular flexibility index (Phi) is 7.25. The van der Waals surface area contributed by atoms with Crippen LogP contribution in [0.3, 0.4) is 0 Å². The van der Waals surface area contributed by atoms with Gasteiger partial charge in [-0.15, -0.1) is 0 Å². The molecule has 1 aromatic rings. The van der Waals surface area contributed by atoms with Crippen molar-refractivity contribution >= 4 is 17.9 Å². The predicted molar refractivity (Wildman–Crippen MR) is 98.5 cm³/mol. The molecule has 3 amide bonds. The van der Waals surface area contributed by atoms with Gasteiger partial charge >= 0.3 is 6.03 Å². The van der Waals surface area contributed by atoms with E-state index in [4.69, 9.17) is 0 Å². The second-order valence-electron chi connectivity index (χ2n) is 6.03. The van der Waals surface area contributed by atoms with Crippen LogP contribution in [0.1, 0.15) is 25.8 Å². The highest BCUT2D eigenvalue weighted by atomic mass is 16.2. The number of benzene rings is 1. The first-order valence-electron chi connectivity index (χ1n) is 8.77. The fourth-order valence-corrected chi connectivity index (χ4v) is 2.60. The summed E-state index contributed by atoms with van der Waals surface area (Å²) < 4.78 is 0. The number of guanidine groups is 1. The molecule has 1 aromatic carbocycles. The number of hydrogen-bond donors (Lipinski definition) is 3. The maximum atomic E-state index is 11.5. The topological polar surface area (TPSA) is 85.8 Å². The molecule has 0 spiro atoms. The van der Waals surface area contributed by atoms with Crippen molar-refractivity contribution in [2.24, 2.45) is 4.99 Å². The summed E-state index contributed by atoms with van der Waals surface area (Å²) in [5, 5.41) is 9.07. The van der Waals surface area contributed by atoms with Gasteiger partial charge in [0, 0.05) is 12.6 Å². The van der Waals surface area contributed by atoms with Crippen LogP contribution in [-0.2, 0) is 11.2 Å². The Balaban J connectivity index is 1.80. The molecule has 1 fully saturated rings. The lowest BCUT2D eigenvalue weighted by Crippen LogP contribution is -2.43. The van der Waals surface area contributed by atoms with Crippen molar-refractivity contribution in [3.05, 3.63) is 35.9 Å². The molecule has 1 saturated heterocycles. The van der Waals surface area contributed by atoms with Crippen LogP contribution in [0, 0.1) is 0 Å². The van der Waals surface area contributed by atoms with E-state index in [2.05, 4.69) is 52.1 Å². The van der Waals surface area contributed by atoms with Crippen LogP contribution in [0.25, 0.3) is 0 Å². The third kappa shape index (κ3) is 6.10. The van der Waals surface area contributed by atoms with Gasteiger partial charge in [0.1, 0.15) is 0 Å². The number of nitrogens with zero attached hydrogens (tertiary/aromatic N) is 2. The number of aryl methyl sites for hydroxylation is 1. The largest absolute Gasteiger partial charge is 0.357 e. The van der Waals surface area contributed by atoms with Gasteiger partial charge < -0.3 is 16.0 Å². The SMILES string of the molecule is CCNC(=NCCN1C(=O)CNC1=O)NC(C)CCc1ccccc1. The number of carbonyl (C=O) groups excluding carboxylic acids is 2. The summed E-state index contributed by atoms with van der Waals surface area (Å²) in [6.45, 7) is 5.62. The van der Waals surface area contributed by atoms with E-state index in [0.29, 0.717) is 19.0 Å². The number of urea groups is 1. The number of nitrogens with one attached hydrogen (secondary N) is 3. The zero-order valence-electron chi connectivity index (χ0n) is 14.9. The van der Waals surface area contributed by atoms with Gasteiger partial charge in [-0.2, -0.15) is 0 Å². The normalized spacial score (nSPS) is 15.9. The van der Waals surface area contributed by atoms with Crippen molar-refractivity contribution in [3.63, 3.8) is 0 Å². The molecule has 7 nitrogen and oxygen atoms in total. The molecule has 0 bridgehead atoms. The molecular formula is C18H27N5O2. The highest BCUT2D eigenvalue weighted by molar-refractivity contribution is 6.01. The maximum Gasteiger partial charge on any atom is 0.324 e. The molecule has 25 heavy (non-hydrogen) atoms. The predicted octanol–water partition coefficient (Wildman–Crippen LogP) is 1.11. The fraction of sp³-hybridized carbons (Fsp3) is 0.500. The quantitative estimate of drug-likeness (QED) is 0.374. The highest BCUT2D eigenvalue weighted by Gasteiger charge is 2.27. The van der Waals surface area contributed by atoms with E-state index < -0.39 is 0 Å². The lowest BCUT2D eigenvalue weighted by Gasteiger charge is -2.18. The Morgan fingerprint density at radius 2 is 2.08 bits per heavy atom. The van der Waals surface area contributed by atoms with Gasteiger partial charge in [0.15, 0.2) is 5.96 Å². The third-order valence-corrected chi connectivity index (χ3v) is 3.97. The van der Waals surface area contributed by atoms with E-state index in [0.717, 1.165) is 19.4 Å². The Morgan fingerprint density at radius 3 is 2.72 bits per heavy atom. The average Bonchev–Trinajstić information content (AvgIpc) is 2.93. The lowest BCUT2D eigenvalue weighted by molar-refractivity contribution is -0.124. The van der Waals surface area contributed by atoms with Gasteiger partial charge in [-0.3, -0.25) is 14.7 Å². The van der Waals surface area contributed by atoms with Gasteiger partial charge in [-0.05, 0) is 32.3 Å². The zero-order valence-corrected chi connectivity index (χ0v) is 14.9. The zero-order chi connectivity index (χ0) is 18.1. The first kappa shape index (κ1) is 18.8. The first-order valence-corrected chi connectivity index (χ1v) is 8.77. The molecule has 0 aliphatic carbocycles. The first-order chi connectivity index (χ1) is 12.1. The van der Waals surface area contributed by atoms with Crippen molar-refractivity contribution in [3.8, 4) is 0 Å². The monoisotopic (exact) mass is 345 g/mol. The minimum Gasteiger partial charge on any atom is -0.357 e. The van der Waals surface area contributed by atoms with Crippen molar-refractivity contribution < 1.29 is 9.59 Å². The van der Waals surface area contributed by atoms with Gasteiger partial charge in [0.2, 0.25) is 5.91 Å². The highest BCUT2D eigenvalue weighted by Crippen LogP contribution is 2.04. The summed E-state index contributed by atoms with van der Waals surface area (Å²) in [5.41, 5.74) is 1.32. The summed E-state index contributed by atoms with van der Waals surface area (Å²) in [5.74, 6) is 0.504. The Bertz CT molecular complexity index is 587. The number of hydrogen-bond acceptors (Lipinski definition) is 3. The van der Waals surface area contributed by atoms with E-state index >= 15 is 0 Å². The molecule has 0 saturated carbocycles. The molecule has 1 aliphatic rings. The number of amides is 3. The van der Waals surface area contributed by atoms with Crippen LogP contribution < -0.4 is 16.0 Å². The van der Waals surface area contributed by atoms with Gasteiger partial charge in [0.05, 0.1) is 19.6 Å². The van der Waals surface area contributed by atoms with Gasteiger partial charge in [-0.25, -0.2) is 4.79 Å². The molecule has 0 aromatic heterocycles. The van der Waals surface area contributed by atoms with E-state index in [-0.39, 0.29) is 24.5 Å². The summed E-state index contributed by atoms with van der Waals surface area (Å²) in [4.78, 5) is 28.7. The van der Waals surface area contributed by atoms with Crippen LogP contribution in [0.15, 0.2) is 35.3 Å². The molecular weight excluding hydrogens is 318 g/mol. The van der Waals surface area contributed by atoms with Crippen LogP contribution in [0.4, 0.5) is 4.79 Å². The van der Waals surface area contributed by atoms with Crippen molar-refractivity contribution in [1.29, 1.82) is 0 Å². The molecule has 7 heteroatoms. The second kappa shape index (κ2) is 9.66. The molecule has 1 heterocycles. The van der Waals surface area contributed by atoms with E-state index in [1.54, 1.807) is 0 Å². The summed E-state index contributed by atoms with van der Waals surface area (Å²) in [6, 6.07) is 10.3. The van der Waals surface area contributed by atoms with Crippen LogP contribution in [-0.4, -0.2) is 55.0 Å². The molecule has 0 radical (unpaired) electrons. The molecule has 1 atom stereocenters. The third-order valence-electron chi connectivity index (χ3n) is 3.97. The molecule has 1 unspecified atom stereocenters. The average molecular weight is 345 g/mol. The van der Waals surface area contributed by atoms with Crippen LogP contribution >= 0.6 is 0 Å². The molecule has 2 rings (SSSR count). The fourth-order valence-electron chi connectivity index (χ4n) is 2.60. The number of aliphatic imine (C=N–C) groups is 1. The maximum absolute atomic E-state index is 11.5. The van der Waals surface area contributed by atoms with Crippen molar-refractivity contribution in [2.45, 2.75) is 32.7 Å². The number of carbonyl (C=O) groups is 2. The van der Waals surface area contributed by atoms with E-state index in [9.17, 15) is 9.59 Å². The van der Waals surface area contributed by atoms with Crippen LogP contribution in [0.2, 0.25) is 0 Å². The molecule has 1 aliphatic heterocycles. The van der Waals surface area contributed by atoms with Crippen molar-refractivity contribution in [2.75, 3.05) is 26.2 Å². The van der Waals surface area contributed by atoms with Crippen molar-refractivity contribution in [1.82, 2.24) is 20.9 Å². The number of imide groups is 1. The number of rotatable bonds is 8. The van der Waals surface area contributed by atoms with E-state index in [1.165, 1.54) is 10.5 Å². The Morgan fingerprint density at radius 1 is 1.32 bits per heavy atom. The standard InChI is InChI=1S/C18H27N5O2/c1-3-19-17(20-11-12-23-16(24)13-21-18(23)25)22-14(2)9-10-15-7-5-4-6-8-15/h4-8,14H,3,9-13H2,1-2H3,(H,21,25)(H2,19,20,22). The lowest BCUT2D eigenvalue weighted by atomic mass is 10.1.